The summed E-state index contributed by atoms with van der Waals surface area (Å²) >= 11 is 0. The van der Waals surface area contributed by atoms with Crippen molar-refractivity contribution in [3.8, 4) is 0 Å². The number of amides is 2. The highest BCUT2D eigenvalue weighted by Gasteiger charge is 2.15. The molecule has 0 aromatic carbocycles. The molecule has 0 unspecified atom stereocenters. The molecule has 2 amide bonds. The zero-order valence-corrected chi connectivity index (χ0v) is 16.3. The molecule has 0 bridgehead atoms. The molecule has 0 radical (unpaired) electrons. The molecule has 0 aliphatic carbocycles. The van der Waals surface area contributed by atoms with Crippen molar-refractivity contribution in [2.45, 2.75) is 13.1 Å². The number of morpholine rings is 1. The van der Waals surface area contributed by atoms with E-state index in [1.54, 1.807) is 30.6 Å². The van der Waals surface area contributed by atoms with Crippen LogP contribution in [0, 0.1) is 0 Å². The summed E-state index contributed by atoms with van der Waals surface area (Å²) in [6, 6.07) is 3.62. The SMILES string of the molecule is COCCN(Cc1cccnc1)C(=O)Nc1cnn(CCN2CCOCC2)c1. The van der Waals surface area contributed by atoms with Gasteiger partial charge in [-0.3, -0.25) is 14.6 Å². The molecule has 0 spiro atoms. The van der Waals surface area contributed by atoms with Crippen LogP contribution in [-0.2, 0) is 22.6 Å². The van der Waals surface area contributed by atoms with E-state index in [0.29, 0.717) is 25.4 Å². The van der Waals surface area contributed by atoms with Crippen molar-refractivity contribution in [3.05, 3.63) is 42.5 Å². The summed E-state index contributed by atoms with van der Waals surface area (Å²) in [6.45, 7) is 6.59. The van der Waals surface area contributed by atoms with Crippen LogP contribution in [0.4, 0.5) is 10.5 Å². The summed E-state index contributed by atoms with van der Waals surface area (Å²) in [6.07, 6.45) is 7.01. The van der Waals surface area contributed by atoms with Gasteiger partial charge >= 0.3 is 6.03 Å². The molecule has 1 saturated heterocycles. The molecule has 0 saturated carbocycles. The average Bonchev–Trinajstić information content (AvgIpc) is 3.18. The fourth-order valence-electron chi connectivity index (χ4n) is 2.99. The average molecular weight is 388 g/mol. The van der Waals surface area contributed by atoms with E-state index >= 15 is 0 Å². The number of nitrogens with one attached hydrogen (secondary N) is 1. The van der Waals surface area contributed by atoms with Crippen LogP contribution in [0.1, 0.15) is 5.56 Å². The maximum atomic E-state index is 12.7. The van der Waals surface area contributed by atoms with Gasteiger partial charge in [-0.2, -0.15) is 5.10 Å². The molecule has 3 heterocycles. The van der Waals surface area contributed by atoms with E-state index in [0.717, 1.165) is 45.0 Å². The minimum absolute atomic E-state index is 0.186. The lowest BCUT2D eigenvalue weighted by Gasteiger charge is -2.26. The van der Waals surface area contributed by atoms with E-state index in [-0.39, 0.29) is 6.03 Å². The second-order valence-electron chi connectivity index (χ2n) is 6.65. The Hall–Kier alpha value is -2.49. The fraction of sp³-hybridized carbons (Fsp3) is 0.526. The lowest BCUT2D eigenvalue weighted by molar-refractivity contribution is 0.0360. The number of rotatable bonds is 9. The molecule has 1 N–H and O–H groups in total. The third kappa shape index (κ3) is 6.29. The quantitative estimate of drug-likeness (QED) is 0.697. The van der Waals surface area contributed by atoms with Gasteiger partial charge in [-0.1, -0.05) is 6.07 Å². The zero-order valence-electron chi connectivity index (χ0n) is 16.3. The van der Waals surface area contributed by atoms with Crippen LogP contribution in [0.5, 0.6) is 0 Å². The number of carbonyl (C=O) groups is 1. The van der Waals surface area contributed by atoms with Crippen molar-refractivity contribution < 1.29 is 14.3 Å². The van der Waals surface area contributed by atoms with Crippen LogP contribution in [0.3, 0.4) is 0 Å². The third-order valence-corrected chi connectivity index (χ3v) is 4.58. The first-order valence-electron chi connectivity index (χ1n) is 9.51. The minimum atomic E-state index is -0.186. The first-order valence-corrected chi connectivity index (χ1v) is 9.51. The smallest absolute Gasteiger partial charge is 0.322 e. The molecule has 1 aliphatic heterocycles. The number of pyridine rings is 1. The standard InChI is InChI=1S/C19H28N6O3/c1-27-10-9-24(15-17-3-2-4-20-13-17)19(26)22-18-14-21-25(16-18)6-5-23-7-11-28-12-8-23/h2-4,13-14,16H,5-12,15H2,1H3,(H,22,26). The Labute approximate surface area is 165 Å². The van der Waals surface area contributed by atoms with Gasteiger partial charge in [0.25, 0.3) is 0 Å². The van der Waals surface area contributed by atoms with E-state index in [9.17, 15) is 4.79 Å². The molecule has 9 nitrogen and oxygen atoms in total. The van der Waals surface area contributed by atoms with Crippen molar-refractivity contribution >= 4 is 11.7 Å². The molecule has 9 heteroatoms. The summed E-state index contributed by atoms with van der Waals surface area (Å²) in [4.78, 5) is 20.9. The first kappa shape index (κ1) is 20.2. The summed E-state index contributed by atoms with van der Waals surface area (Å²) in [5, 5.41) is 7.27. The highest BCUT2D eigenvalue weighted by Crippen LogP contribution is 2.10. The van der Waals surface area contributed by atoms with Crippen molar-refractivity contribution in [1.29, 1.82) is 0 Å². The molecule has 1 fully saturated rings. The van der Waals surface area contributed by atoms with Gasteiger partial charge in [0.15, 0.2) is 0 Å². The summed E-state index contributed by atoms with van der Waals surface area (Å²) in [5.41, 5.74) is 1.65. The maximum absolute atomic E-state index is 12.7. The highest BCUT2D eigenvalue weighted by molar-refractivity contribution is 5.89. The van der Waals surface area contributed by atoms with Crippen LogP contribution in [0.15, 0.2) is 36.9 Å². The second kappa shape index (κ2) is 10.7. The molecule has 152 valence electrons. The molecular formula is C19H28N6O3. The fourth-order valence-corrected chi connectivity index (χ4v) is 2.99. The molecule has 28 heavy (non-hydrogen) atoms. The van der Waals surface area contributed by atoms with Crippen LogP contribution < -0.4 is 5.32 Å². The van der Waals surface area contributed by atoms with E-state index < -0.39 is 0 Å². The van der Waals surface area contributed by atoms with Gasteiger partial charge < -0.3 is 19.7 Å². The Morgan fingerprint density at radius 3 is 2.93 bits per heavy atom. The number of urea groups is 1. The summed E-state index contributed by atoms with van der Waals surface area (Å²) < 4.78 is 12.4. The van der Waals surface area contributed by atoms with Crippen molar-refractivity contribution in [1.82, 2.24) is 24.6 Å². The van der Waals surface area contributed by atoms with E-state index in [1.807, 2.05) is 23.0 Å². The molecule has 2 aromatic rings. The second-order valence-corrected chi connectivity index (χ2v) is 6.65. The zero-order chi connectivity index (χ0) is 19.6. The van der Waals surface area contributed by atoms with E-state index in [1.165, 1.54) is 0 Å². The first-order chi connectivity index (χ1) is 13.7. The normalized spacial score (nSPS) is 14.8. The molecule has 0 atom stereocenters. The summed E-state index contributed by atoms with van der Waals surface area (Å²) in [7, 11) is 1.62. The number of aromatic nitrogens is 3. The monoisotopic (exact) mass is 388 g/mol. The lowest BCUT2D eigenvalue weighted by Crippen LogP contribution is -2.38. The number of methoxy groups -OCH3 is 1. The van der Waals surface area contributed by atoms with E-state index in [2.05, 4.69) is 20.3 Å². The minimum Gasteiger partial charge on any atom is -0.383 e. The number of hydrogen-bond acceptors (Lipinski definition) is 6. The lowest BCUT2D eigenvalue weighted by atomic mass is 10.2. The molecular weight excluding hydrogens is 360 g/mol. The Kier molecular flexibility index (Phi) is 7.77. The van der Waals surface area contributed by atoms with Crippen LogP contribution in [0.2, 0.25) is 0 Å². The van der Waals surface area contributed by atoms with Gasteiger partial charge in [0.2, 0.25) is 0 Å². The number of carbonyl (C=O) groups excluding carboxylic acids is 1. The molecule has 1 aliphatic rings. The molecule has 3 rings (SSSR count). The van der Waals surface area contributed by atoms with Crippen molar-refractivity contribution in [2.24, 2.45) is 0 Å². The van der Waals surface area contributed by atoms with Gasteiger partial charge in [0.1, 0.15) is 0 Å². The summed E-state index contributed by atoms with van der Waals surface area (Å²) in [5.74, 6) is 0. The number of nitrogens with zero attached hydrogens (tertiary/aromatic N) is 5. The number of hydrogen-bond donors (Lipinski definition) is 1. The highest BCUT2D eigenvalue weighted by atomic mass is 16.5. The third-order valence-electron chi connectivity index (χ3n) is 4.58. The van der Waals surface area contributed by atoms with Gasteiger partial charge in [-0.25, -0.2) is 4.79 Å². The maximum Gasteiger partial charge on any atom is 0.322 e. The topological polar surface area (TPSA) is 84.8 Å². The largest absolute Gasteiger partial charge is 0.383 e. The Morgan fingerprint density at radius 1 is 1.32 bits per heavy atom. The Bertz CT molecular complexity index is 717. The van der Waals surface area contributed by atoms with Crippen LogP contribution in [-0.4, -0.2) is 83.7 Å². The Balaban J connectivity index is 1.52. The van der Waals surface area contributed by atoms with Gasteiger partial charge in [0.05, 0.1) is 38.2 Å². The Morgan fingerprint density at radius 2 is 2.18 bits per heavy atom. The van der Waals surface area contributed by atoms with Crippen molar-refractivity contribution in [2.75, 3.05) is 58.4 Å². The number of anilines is 1. The predicted octanol–water partition coefficient (Wildman–Crippen LogP) is 1.29. The van der Waals surface area contributed by atoms with Gasteiger partial charge in [0, 0.05) is 58.4 Å². The predicted molar refractivity (Wildman–Crippen MR) is 105 cm³/mol. The van der Waals surface area contributed by atoms with Gasteiger partial charge in [-0.05, 0) is 11.6 Å². The van der Waals surface area contributed by atoms with E-state index in [4.69, 9.17) is 9.47 Å². The van der Waals surface area contributed by atoms with Crippen LogP contribution in [0.25, 0.3) is 0 Å². The van der Waals surface area contributed by atoms with Crippen LogP contribution >= 0.6 is 0 Å². The van der Waals surface area contributed by atoms with Crippen molar-refractivity contribution in [3.63, 3.8) is 0 Å². The molecule has 2 aromatic heterocycles. The van der Waals surface area contributed by atoms with Gasteiger partial charge in [-0.15, -0.1) is 0 Å². The number of ether oxygens (including phenoxy) is 2.